The SMILES string of the molecule is CCNC(C)c1cccc(Oc2ccc(SC)cc2)c1. The van der Waals surface area contributed by atoms with Crippen LogP contribution < -0.4 is 10.1 Å². The lowest BCUT2D eigenvalue weighted by Gasteiger charge is -2.14. The van der Waals surface area contributed by atoms with Crippen molar-refractivity contribution in [2.45, 2.75) is 24.8 Å². The van der Waals surface area contributed by atoms with E-state index in [1.54, 1.807) is 11.8 Å². The molecule has 0 heterocycles. The van der Waals surface area contributed by atoms with Gasteiger partial charge in [-0.25, -0.2) is 0 Å². The zero-order valence-corrected chi connectivity index (χ0v) is 13.0. The van der Waals surface area contributed by atoms with E-state index in [9.17, 15) is 0 Å². The van der Waals surface area contributed by atoms with Crippen LogP contribution in [0.2, 0.25) is 0 Å². The molecule has 3 heteroatoms. The Balaban J connectivity index is 2.10. The Morgan fingerprint density at radius 3 is 2.50 bits per heavy atom. The van der Waals surface area contributed by atoms with E-state index in [0.717, 1.165) is 18.0 Å². The maximum absolute atomic E-state index is 5.91. The number of thioether (sulfide) groups is 1. The Labute approximate surface area is 125 Å². The van der Waals surface area contributed by atoms with E-state index in [1.807, 2.05) is 24.3 Å². The number of rotatable bonds is 6. The second-order valence-corrected chi connectivity index (χ2v) is 5.51. The van der Waals surface area contributed by atoms with Gasteiger partial charge in [0.15, 0.2) is 0 Å². The Morgan fingerprint density at radius 1 is 1.10 bits per heavy atom. The number of benzene rings is 2. The molecule has 1 N–H and O–H groups in total. The fourth-order valence-corrected chi connectivity index (χ4v) is 2.46. The second-order valence-electron chi connectivity index (χ2n) is 4.63. The lowest BCUT2D eigenvalue weighted by atomic mass is 10.1. The molecule has 1 atom stereocenters. The summed E-state index contributed by atoms with van der Waals surface area (Å²) in [7, 11) is 0. The maximum atomic E-state index is 5.91. The number of ether oxygens (including phenoxy) is 1. The molecule has 0 bridgehead atoms. The van der Waals surface area contributed by atoms with Gasteiger partial charge in [-0.15, -0.1) is 11.8 Å². The quantitative estimate of drug-likeness (QED) is 0.766. The lowest BCUT2D eigenvalue weighted by Crippen LogP contribution is -2.17. The highest BCUT2D eigenvalue weighted by molar-refractivity contribution is 7.98. The van der Waals surface area contributed by atoms with Gasteiger partial charge >= 0.3 is 0 Å². The summed E-state index contributed by atoms with van der Waals surface area (Å²) < 4.78 is 5.91. The molecule has 0 radical (unpaired) electrons. The Morgan fingerprint density at radius 2 is 1.85 bits per heavy atom. The van der Waals surface area contributed by atoms with Gasteiger partial charge in [0.25, 0.3) is 0 Å². The van der Waals surface area contributed by atoms with Crippen LogP contribution in [-0.4, -0.2) is 12.8 Å². The summed E-state index contributed by atoms with van der Waals surface area (Å²) in [5, 5.41) is 3.41. The topological polar surface area (TPSA) is 21.3 Å². The van der Waals surface area contributed by atoms with Gasteiger partial charge in [0.05, 0.1) is 0 Å². The first kappa shape index (κ1) is 14.9. The van der Waals surface area contributed by atoms with Gasteiger partial charge in [0, 0.05) is 10.9 Å². The Hall–Kier alpha value is -1.45. The van der Waals surface area contributed by atoms with Crippen LogP contribution in [0.1, 0.15) is 25.5 Å². The van der Waals surface area contributed by atoms with E-state index in [1.165, 1.54) is 10.5 Å². The molecular formula is C17H21NOS. The zero-order valence-electron chi connectivity index (χ0n) is 12.2. The maximum Gasteiger partial charge on any atom is 0.127 e. The molecule has 0 saturated carbocycles. The van der Waals surface area contributed by atoms with Crippen molar-refractivity contribution in [2.24, 2.45) is 0 Å². The van der Waals surface area contributed by atoms with Crippen LogP contribution in [0, 0.1) is 0 Å². The summed E-state index contributed by atoms with van der Waals surface area (Å²) >= 11 is 1.73. The molecule has 2 aromatic carbocycles. The molecule has 1 unspecified atom stereocenters. The largest absolute Gasteiger partial charge is 0.457 e. The molecule has 0 saturated heterocycles. The van der Waals surface area contributed by atoms with Gasteiger partial charge in [0.1, 0.15) is 11.5 Å². The van der Waals surface area contributed by atoms with Crippen LogP contribution >= 0.6 is 11.8 Å². The Kier molecular flexibility index (Phi) is 5.50. The molecule has 0 aliphatic rings. The van der Waals surface area contributed by atoms with Crippen LogP contribution in [0.15, 0.2) is 53.4 Å². The lowest BCUT2D eigenvalue weighted by molar-refractivity contribution is 0.479. The third-order valence-corrected chi connectivity index (χ3v) is 3.91. The average molecular weight is 287 g/mol. The van der Waals surface area contributed by atoms with E-state index in [-0.39, 0.29) is 0 Å². The summed E-state index contributed by atoms with van der Waals surface area (Å²) in [5.41, 5.74) is 1.24. The van der Waals surface area contributed by atoms with E-state index >= 15 is 0 Å². The van der Waals surface area contributed by atoms with E-state index in [4.69, 9.17) is 4.74 Å². The molecule has 20 heavy (non-hydrogen) atoms. The van der Waals surface area contributed by atoms with E-state index in [2.05, 4.69) is 49.7 Å². The Bertz CT molecular complexity index is 539. The third-order valence-electron chi connectivity index (χ3n) is 3.16. The van der Waals surface area contributed by atoms with Gasteiger partial charge in [-0.3, -0.25) is 0 Å². The first-order valence-electron chi connectivity index (χ1n) is 6.88. The molecule has 0 spiro atoms. The third kappa shape index (κ3) is 4.02. The van der Waals surface area contributed by atoms with Gasteiger partial charge < -0.3 is 10.1 Å². The van der Waals surface area contributed by atoms with Crippen LogP contribution in [0.4, 0.5) is 0 Å². The highest BCUT2D eigenvalue weighted by Gasteiger charge is 2.05. The van der Waals surface area contributed by atoms with Crippen LogP contribution in [0.3, 0.4) is 0 Å². The minimum absolute atomic E-state index is 0.336. The fraction of sp³-hybridized carbons (Fsp3) is 0.294. The van der Waals surface area contributed by atoms with E-state index in [0.29, 0.717) is 6.04 Å². The molecule has 0 aliphatic carbocycles. The van der Waals surface area contributed by atoms with Crippen molar-refractivity contribution in [3.8, 4) is 11.5 Å². The van der Waals surface area contributed by atoms with Crippen molar-refractivity contribution >= 4 is 11.8 Å². The summed E-state index contributed by atoms with van der Waals surface area (Å²) in [5.74, 6) is 1.75. The fourth-order valence-electron chi connectivity index (χ4n) is 2.05. The molecular weight excluding hydrogens is 266 g/mol. The standard InChI is InChI=1S/C17H21NOS/c1-4-18-13(2)14-6-5-7-16(12-14)19-15-8-10-17(20-3)11-9-15/h5-13,18H,4H2,1-3H3. The summed E-state index contributed by atoms with van der Waals surface area (Å²) in [4.78, 5) is 1.24. The molecule has 2 aromatic rings. The second kappa shape index (κ2) is 7.36. The summed E-state index contributed by atoms with van der Waals surface area (Å²) in [6.07, 6.45) is 2.07. The van der Waals surface area contributed by atoms with Gasteiger partial charge in [0.2, 0.25) is 0 Å². The number of hydrogen-bond donors (Lipinski definition) is 1. The molecule has 0 fully saturated rings. The number of nitrogens with one attached hydrogen (secondary N) is 1. The van der Waals surface area contributed by atoms with Crippen LogP contribution in [0.5, 0.6) is 11.5 Å². The summed E-state index contributed by atoms with van der Waals surface area (Å²) in [6, 6.07) is 16.7. The van der Waals surface area contributed by atoms with Gasteiger partial charge in [-0.1, -0.05) is 19.1 Å². The van der Waals surface area contributed by atoms with Crippen molar-refractivity contribution in [1.29, 1.82) is 0 Å². The molecule has 106 valence electrons. The average Bonchev–Trinajstić information content (AvgIpc) is 2.48. The van der Waals surface area contributed by atoms with E-state index < -0.39 is 0 Å². The molecule has 2 rings (SSSR count). The van der Waals surface area contributed by atoms with Crippen molar-refractivity contribution in [1.82, 2.24) is 5.32 Å². The highest BCUT2D eigenvalue weighted by Crippen LogP contribution is 2.26. The molecule has 2 nitrogen and oxygen atoms in total. The normalized spacial score (nSPS) is 12.2. The zero-order chi connectivity index (χ0) is 14.4. The van der Waals surface area contributed by atoms with Crippen molar-refractivity contribution in [3.05, 3.63) is 54.1 Å². The van der Waals surface area contributed by atoms with Gasteiger partial charge in [-0.2, -0.15) is 0 Å². The predicted molar refractivity (Wildman–Crippen MR) is 86.8 cm³/mol. The van der Waals surface area contributed by atoms with Crippen molar-refractivity contribution in [3.63, 3.8) is 0 Å². The van der Waals surface area contributed by atoms with Crippen LogP contribution in [0.25, 0.3) is 0 Å². The van der Waals surface area contributed by atoms with Crippen molar-refractivity contribution in [2.75, 3.05) is 12.8 Å². The monoisotopic (exact) mass is 287 g/mol. The minimum Gasteiger partial charge on any atom is -0.457 e. The first-order chi connectivity index (χ1) is 9.72. The first-order valence-corrected chi connectivity index (χ1v) is 8.10. The highest BCUT2D eigenvalue weighted by atomic mass is 32.2. The van der Waals surface area contributed by atoms with Crippen molar-refractivity contribution < 1.29 is 4.74 Å². The molecule has 0 aliphatic heterocycles. The smallest absolute Gasteiger partial charge is 0.127 e. The number of hydrogen-bond acceptors (Lipinski definition) is 3. The van der Waals surface area contributed by atoms with Gasteiger partial charge in [-0.05, 0) is 61.7 Å². The predicted octanol–water partition coefficient (Wildman–Crippen LogP) is 4.87. The summed E-state index contributed by atoms with van der Waals surface area (Å²) in [6.45, 7) is 5.24. The minimum atomic E-state index is 0.336. The molecule has 0 amide bonds. The molecule has 0 aromatic heterocycles. The van der Waals surface area contributed by atoms with Crippen LogP contribution in [-0.2, 0) is 0 Å².